The highest BCUT2D eigenvalue weighted by Crippen LogP contribution is 2.28. The maximum Gasteiger partial charge on any atom is 0.246 e. The van der Waals surface area contributed by atoms with Gasteiger partial charge in [0.1, 0.15) is 6.61 Å². The second-order valence-corrected chi connectivity index (χ2v) is 8.62. The summed E-state index contributed by atoms with van der Waals surface area (Å²) in [5, 5.41) is 2.80. The third kappa shape index (κ3) is 4.19. The van der Waals surface area contributed by atoms with Crippen LogP contribution in [0.1, 0.15) is 19.3 Å². The Labute approximate surface area is 147 Å². The van der Waals surface area contributed by atoms with Crippen molar-refractivity contribution in [1.29, 1.82) is 0 Å². The van der Waals surface area contributed by atoms with Crippen LogP contribution in [0.2, 0.25) is 0 Å². The van der Waals surface area contributed by atoms with Crippen molar-refractivity contribution in [2.24, 2.45) is 0 Å². The van der Waals surface area contributed by atoms with Crippen LogP contribution in [0.5, 0.6) is 0 Å². The summed E-state index contributed by atoms with van der Waals surface area (Å²) in [5.74, 6) is -0.464. The summed E-state index contributed by atoms with van der Waals surface area (Å²) in [6.07, 6.45) is 1.26. The molecule has 2 amide bonds. The summed E-state index contributed by atoms with van der Waals surface area (Å²) in [6, 6.07) is 8.17. The molecule has 0 aliphatic carbocycles. The van der Waals surface area contributed by atoms with Crippen molar-refractivity contribution in [1.82, 2.24) is 10.2 Å². The van der Waals surface area contributed by atoms with Gasteiger partial charge in [-0.3, -0.25) is 9.59 Å². The minimum Gasteiger partial charge on any atom is -0.363 e. The van der Waals surface area contributed by atoms with Crippen molar-refractivity contribution in [3.63, 3.8) is 0 Å². The zero-order valence-corrected chi connectivity index (χ0v) is 14.8. The average Bonchev–Trinajstić information content (AvgIpc) is 2.64. The van der Waals surface area contributed by atoms with Crippen molar-refractivity contribution in [3.8, 4) is 0 Å². The number of morpholine rings is 1. The smallest absolute Gasteiger partial charge is 0.246 e. The van der Waals surface area contributed by atoms with Gasteiger partial charge in [0.05, 0.1) is 16.2 Å². The molecule has 0 saturated carbocycles. The first-order chi connectivity index (χ1) is 11.9. The number of ether oxygens (including phenoxy) is 1. The second-order valence-electron chi connectivity index (χ2n) is 6.51. The van der Waals surface area contributed by atoms with E-state index in [0.29, 0.717) is 32.5 Å². The minimum atomic E-state index is -3.45. The van der Waals surface area contributed by atoms with Crippen LogP contribution < -0.4 is 5.32 Å². The molecule has 1 N–H and O–H groups in total. The van der Waals surface area contributed by atoms with Gasteiger partial charge >= 0.3 is 0 Å². The third-order valence-corrected chi connectivity index (χ3v) is 6.56. The SMILES string of the molecule is O=C1COC2(CCN(C(=O)CCS(=O)(=O)c3ccccc3)CC2)CN1. The molecule has 0 unspecified atom stereocenters. The van der Waals surface area contributed by atoms with Gasteiger partial charge in [-0.25, -0.2) is 8.42 Å². The van der Waals surface area contributed by atoms with Crippen molar-refractivity contribution < 1.29 is 22.7 Å². The number of carbonyl (C=O) groups is 2. The largest absolute Gasteiger partial charge is 0.363 e. The fourth-order valence-electron chi connectivity index (χ4n) is 3.19. The summed E-state index contributed by atoms with van der Waals surface area (Å²) in [5.41, 5.74) is -0.388. The molecule has 8 heteroatoms. The summed E-state index contributed by atoms with van der Waals surface area (Å²) in [7, 11) is -3.45. The molecular formula is C17H22N2O5S. The minimum absolute atomic E-state index is 0.0260. The zero-order chi connectivity index (χ0) is 17.9. The molecule has 1 aromatic carbocycles. The zero-order valence-electron chi connectivity index (χ0n) is 13.9. The van der Waals surface area contributed by atoms with Crippen molar-refractivity contribution >= 4 is 21.7 Å². The van der Waals surface area contributed by atoms with Gasteiger partial charge in [0, 0.05) is 26.1 Å². The van der Waals surface area contributed by atoms with E-state index in [4.69, 9.17) is 4.74 Å². The topological polar surface area (TPSA) is 92.8 Å². The number of amides is 2. The number of nitrogens with zero attached hydrogens (tertiary/aromatic N) is 1. The van der Waals surface area contributed by atoms with Crippen molar-refractivity contribution in [3.05, 3.63) is 30.3 Å². The Hall–Kier alpha value is -1.93. The molecule has 25 heavy (non-hydrogen) atoms. The Morgan fingerprint density at radius 3 is 2.48 bits per heavy atom. The lowest BCUT2D eigenvalue weighted by atomic mass is 9.90. The summed E-state index contributed by atoms with van der Waals surface area (Å²) in [6.45, 7) is 1.56. The molecule has 2 fully saturated rings. The molecule has 3 rings (SSSR count). The van der Waals surface area contributed by atoms with Gasteiger partial charge in [-0.2, -0.15) is 0 Å². The van der Waals surface area contributed by atoms with E-state index in [2.05, 4.69) is 5.32 Å². The van der Waals surface area contributed by atoms with Gasteiger partial charge < -0.3 is 15.0 Å². The molecule has 1 aromatic rings. The van der Waals surface area contributed by atoms with Crippen LogP contribution in [0.3, 0.4) is 0 Å². The van der Waals surface area contributed by atoms with E-state index in [0.717, 1.165) is 0 Å². The monoisotopic (exact) mass is 366 g/mol. The molecule has 2 saturated heterocycles. The predicted octanol–water partition coefficient (Wildman–Crippen LogP) is 0.358. The Bertz CT molecular complexity index is 728. The van der Waals surface area contributed by atoms with Crippen molar-refractivity contribution in [2.45, 2.75) is 29.8 Å². The lowest BCUT2D eigenvalue weighted by Gasteiger charge is -2.43. The Morgan fingerprint density at radius 1 is 1.20 bits per heavy atom. The molecule has 2 aliphatic heterocycles. The van der Waals surface area contributed by atoms with E-state index in [1.807, 2.05) is 0 Å². The summed E-state index contributed by atoms with van der Waals surface area (Å²) < 4.78 is 30.2. The average molecular weight is 366 g/mol. The van der Waals surface area contributed by atoms with E-state index in [9.17, 15) is 18.0 Å². The lowest BCUT2D eigenvalue weighted by molar-refractivity contribution is -0.154. The normalized spacial score (nSPS) is 20.3. The molecule has 0 bridgehead atoms. The number of carbonyl (C=O) groups excluding carboxylic acids is 2. The molecule has 7 nitrogen and oxygen atoms in total. The van der Waals surface area contributed by atoms with Gasteiger partial charge in [-0.15, -0.1) is 0 Å². The van der Waals surface area contributed by atoms with Crippen LogP contribution in [0.15, 0.2) is 35.2 Å². The predicted molar refractivity (Wildman–Crippen MR) is 90.6 cm³/mol. The molecule has 0 atom stereocenters. The standard InChI is InChI=1S/C17H22N2O5S/c20-15-12-24-17(13-18-15)7-9-19(10-8-17)16(21)6-11-25(22,23)14-4-2-1-3-5-14/h1-5H,6-13H2,(H,18,20). The van der Waals surface area contributed by atoms with Crippen LogP contribution in [0, 0.1) is 0 Å². The summed E-state index contributed by atoms with van der Waals surface area (Å²) in [4.78, 5) is 25.5. The maximum atomic E-state index is 12.4. The number of piperidine rings is 1. The first-order valence-corrected chi connectivity index (χ1v) is 10.0. The summed E-state index contributed by atoms with van der Waals surface area (Å²) >= 11 is 0. The molecule has 136 valence electrons. The Balaban J connectivity index is 1.51. The van der Waals surface area contributed by atoms with E-state index in [1.165, 1.54) is 0 Å². The molecule has 1 spiro atoms. The number of benzene rings is 1. The molecule has 2 heterocycles. The van der Waals surface area contributed by atoms with Crippen LogP contribution in [0.25, 0.3) is 0 Å². The third-order valence-electron chi connectivity index (χ3n) is 4.83. The molecular weight excluding hydrogens is 344 g/mol. The van der Waals surface area contributed by atoms with Gasteiger partial charge in [-0.1, -0.05) is 18.2 Å². The van der Waals surface area contributed by atoms with Gasteiger partial charge in [-0.05, 0) is 25.0 Å². The number of likely N-dealkylation sites (tertiary alicyclic amines) is 1. The fraction of sp³-hybridized carbons (Fsp3) is 0.529. The maximum absolute atomic E-state index is 12.4. The van der Waals surface area contributed by atoms with Gasteiger partial charge in [0.2, 0.25) is 11.8 Å². The van der Waals surface area contributed by atoms with Crippen LogP contribution in [-0.4, -0.2) is 62.7 Å². The Kier molecular flexibility index (Phi) is 5.10. The highest BCUT2D eigenvalue weighted by Gasteiger charge is 2.39. The lowest BCUT2D eigenvalue weighted by Crippen LogP contribution is -2.58. The number of hydrogen-bond acceptors (Lipinski definition) is 5. The van der Waals surface area contributed by atoms with E-state index in [1.54, 1.807) is 35.2 Å². The number of sulfone groups is 1. The van der Waals surface area contributed by atoms with Crippen molar-refractivity contribution in [2.75, 3.05) is 32.0 Å². The van der Waals surface area contributed by atoms with E-state index in [-0.39, 0.29) is 41.1 Å². The van der Waals surface area contributed by atoms with Gasteiger partial charge in [0.15, 0.2) is 9.84 Å². The first-order valence-electron chi connectivity index (χ1n) is 8.37. The number of nitrogens with one attached hydrogen (secondary N) is 1. The van der Waals surface area contributed by atoms with E-state index < -0.39 is 9.84 Å². The molecule has 2 aliphatic rings. The van der Waals surface area contributed by atoms with Crippen LogP contribution >= 0.6 is 0 Å². The first kappa shape index (κ1) is 17.9. The van der Waals surface area contributed by atoms with Crippen LogP contribution in [-0.2, 0) is 24.2 Å². The molecule has 0 radical (unpaired) electrons. The highest BCUT2D eigenvalue weighted by molar-refractivity contribution is 7.91. The number of hydrogen-bond donors (Lipinski definition) is 1. The molecule has 0 aromatic heterocycles. The highest BCUT2D eigenvalue weighted by atomic mass is 32.2. The second kappa shape index (κ2) is 7.13. The van der Waals surface area contributed by atoms with Gasteiger partial charge in [0.25, 0.3) is 0 Å². The van der Waals surface area contributed by atoms with Crippen LogP contribution in [0.4, 0.5) is 0 Å². The number of rotatable bonds is 4. The quantitative estimate of drug-likeness (QED) is 0.830. The Morgan fingerprint density at radius 2 is 1.88 bits per heavy atom. The fourth-order valence-corrected chi connectivity index (χ4v) is 4.44. The van der Waals surface area contributed by atoms with E-state index >= 15 is 0 Å².